The molecule has 1 fully saturated rings. The molecule has 4 nitrogen and oxygen atoms in total. The van der Waals surface area contributed by atoms with Gasteiger partial charge in [-0.3, -0.25) is 4.90 Å². The van der Waals surface area contributed by atoms with E-state index in [0.717, 1.165) is 31.0 Å². The van der Waals surface area contributed by atoms with E-state index in [1.165, 1.54) is 0 Å². The summed E-state index contributed by atoms with van der Waals surface area (Å²) in [5.41, 5.74) is 7.44. The fourth-order valence-electron chi connectivity index (χ4n) is 2.46. The lowest BCUT2D eigenvalue weighted by Gasteiger charge is -2.38. The molecule has 0 saturated carbocycles. The molecule has 4 heteroatoms. The van der Waals surface area contributed by atoms with Crippen LogP contribution in [0, 0.1) is 0 Å². The Morgan fingerprint density at radius 1 is 1.47 bits per heavy atom. The first-order valence-electron chi connectivity index (χ1n) is 6.85. The molecule has 106 valence electrons. The first-order valence-corrected chi connectivity index (χ1v) is 6.85. The SMILES string of the molecule is COc1cccc(C(N)CN2CC(C)OCC2C)c1. The Balaban J connectivity index is 2.01. The summed E-state index contributed by atoms with van der Waals surface area (Å²) in [6.07, 6.45) is 0.286. The summed E-state index contributed by atoms with van der Waals surface area (Å²) in [7, 11) is 1.68. The Morgan fingerprint density at radius 2 is 2.26 bits per heavy atom. The van der Waals surface area contributed by atoms with Gasteiger partial charge in [-0.2, -0.15) is 0 Å². The first-order chi connectivity index (χ1) is 9.10. The molecule has 1 aliphatic heterocycles. The van der Waals surface area contributed by atoms with Crippen molar-refractivity contribution in [3.63, 3.8) is 0 Å². The van der Waals surface area contributed by atoms with E-state index in [-0.39, 0.29) is 12.1 Å². The number of ether oxygens (including phenoxy) is 2. The average molecular weight is 264 g/mol. The minimum absolute atomic E-state index is 0.00264. The summed E-state index contributed by atoms with van der Waals surface area (Å²) in [5, 5.41) is 0. The zero-order valence-corrected chi connectivity index (χ0v) is 12.0. The Hall–Kier alpha value is -1.10. The van der Waals surface area contributed by atoms with E-state index in [0.29, 0.717) is 6.04 Å². The molecule has 1 aromatic carbocycles. The van der Waals surface area contributed by atoms with Gasteiger partial charge in [-0.15, -0.1) is 0 Å². The van der Waals surface area contributed by atoms with Crippen molar-refractivity contribution in [2.75, 3.05) is 26.8 Å². The van der Waals surface area contributed by atoms with Crippen LogP contribution in [0.4, 0.5) is 0 Å². The van der Waals surface area contributed by atoms with Crippen molar-refractivity contribution >= 4 is 0 Å². The van der Waals surface area contributed by atoms with Crippen molar-refractivity contribution in [1.29, 1.82) is 0 Å². The minimum atomic E-state index is 0.00264. The van der Waals surface area contributed by atoms with E-state index in [1.807, 2.05) is 18.2 Å². The highest BCUT2D eigenvalue weighted by molar-refractivity contribution is 5.30. The summed E-state index contributed by atoms with van der Waals surface area (Å²) in [6.45, 7) is 6.87. The molecule has 19 heavy (non-hydrogen) atoms. The maximum atomic E-state index is 6.32. The predicted octanol–water partition coefficient (Wildman–Crippen LogP) is 1.80. The molecule has 0 amide bonds. The summed E-state index contributed by atoms with van der Waals surface area (Å²) in [4.78, 5) is 2.40. The van der Waals surface area contributed by atoms with Gasteiger partial charge in [0, 0.05) is 25.2 Å². The van der Waals surface area contributed by atoms with Crippen LogP contribution in [-0.2, 0) is 4.74 Å². The Bertz CT molecular complexity index is 411. The van der Waals surface area contributed by atoms with E-state index < -0.39 is 0 Å². The normalized spacial score (nSPS) is 26.1. The van der Waals surface area contributed by atoms with Gasteiger partial charge >= 0.3 is 0 Å². The fourth-order valence-corrected chi connectivity index (χ4v) is 2.46. The average Bonchev–Trinajstić information content (AvgIpc) is 2.43. The van der Waals surface area contributed by atoms with Gasteiger partial charge in [0.15, 0.2) is 0 Å². The number of methoxy groups -OCH3 is 1. The van der Waals surface area contributed by atoms with Crippen molar-refractivity contribution in [2.24, 2.45) is 5.73 Å². The molecule has 1 aliphatic rings. The molecule has 1 heterocycles. The van der Waals surface area contributed by atoms with Crippen LogP contribution in [0.1, 0.15) is 25.5 Å². The number of benzene rings is 1. The standard InChI is InChI=1S/C15H24N2O2/c1-11-10-19-12(2)8-17(11)9-15(16)13-5-4-6-14(7-13)18-3/h4-7,11-12,15H,8-10,16H2,1-3H3. The number of nitrogens with zero attached hydrogens (tertiary/aromatic N) is 1. The van der Waals surface area contributed by atoms with Crippen LogP contribution in [0.3, 0.4) is 0 Å². The van der Waals surface area contributed by atoms with Crippen LogP contribution in [0.5, 0.6) is 5.75 Å². The number of hydrogen-bond donors (Lipinski definition) is 1. The van der Waals surface area contributed by atoms with Crippen LogP contribution in [0.25, 0.3) is 0 Å². The predicted molar refractivity (Wildman–Crippen MR) is 76.4 cm³/mol. The van der Waals surface area contributed by atoms with Crippen LogP contribution in [0.15, 0.2) is 24.3 Å². The largest absolute Gasteiger partial charge is 0.497 e. The van der Waals surface area contributed by atoms with Gasteiger partial charge in [-0.05, 0) is 31.5 Å². The maximum absolute atomic E-state index is 6.32. The molecule has 3 unspecified atom stereocenters. The van der Waals surface area contributed by atoms with Crippen molar-refractivity contribution in [1.82, 2.24) is 4.90 Å². The first kappa shape index (κ1) is 14.3. The van der Waals surface area contributed by atoms with Crippen molar-refractivity contribution in [2.45, 2.75) is 32.0 Å². The second-order valence-electron chi connectivity index (χ2n) is 5.33. The van der Waals surface area contributed by atoms with E-state index in [9.17, 15) is 0 Å². The Morgan fingerprint density at radius 3 is 3.00 bits per heavy atom. The van der Waals surface area contributed by atoms with E-state index in [2.05, 4.69) is 24.8 Å². The topological polar surface area (TPSA) is 47.7 Å². The van der Waals surface area contributed by atoms with Crippen LogP contribution in [0.2, 0.25) is 0 Å². The molecule has 0 aliphatic carbocycles. The fraction of sp³-hybridized carbons (Fsp3) is 0.600. The third-order valence-electron chi connectivity index (χ3n) is 3.69. The molecule has 0 bridgehead atoms. The smallest absolute Gasteiger partial charge is 0.119 e. The highest BCUT2D eigenvalue weighted by atomic mass is 16.5. The summed E-state index contributed by atoms with van der Waals surface area (Å²) in [6, 6.07) is 8.42. The summed E-state index contributed by atoms with van der Waals surface area (Å²) < 4.78 is 10.9. The highest BCUT2D eigenvalue weighted by Gasteiger charge is 2.25. The highest BCUT2D eigenvalue weighted by Crippen LogP contribution is 2.20. The molecule has 0 radical (unpaired) electrons. The maximum Gasteiger partial charge on any atom is 0.119 e. The lowest BCUT2D eigenvalue weighted by molar-refractivity contribution is -0.0510. The van der Waals surface area contributed by atoms with Gasteiger partial charge in [0.25, 0.3) is 0 Å². The van der Waals surface area contributed by atoms with Gasteiger partial charge in [0.05, 0.1) is 19.8 Å². The molecule has 0 spiro atoms. The lowest BCUT2D eigenvalue weighted by atomic mass is 10.1. The molecule has 2 N–H and O–H groups in total. The van der Waals surface area contributed by atoms with Crippen molar-refractivity contribution in [3.05, 3.63) is 29.8 Å². The van der Waals surface area contributed by atoms with Crippen LogP contribution >= 0.6 is 0 Å². The Labute approximate surface area is 115 Å². The molecule has 1 saturated heterocycles. The van der Waals surface area contributed by atoms with E-state index in [1.54, 1.807) is 7.11 Å². The number of morpholine rings is 1. The van der Waals surface area contributed by atoms with Crippen LogP contribution in [-0.4, -0.2) is 43.9 Å². The second-order valence-corrected chi connectivity index (χ2v) is 5.33. The Kier molecular flexibility index (Phi) is 4.80. The molecule has 1 aromatic rings. The van der Waals surface area contributed by atoms with Gasteiger partial charge in [-0.25, -0.2) is 0 Å². The number of nitrogens with two attached hydrogens (primary N) is 1. The number of hydrogen-bond acceptors (Lipinski definition) is 4. The zero-order chi connectivity index (χ0) is 13.8. The monoisotopic (exact) mass is 264 g/mol. The van der Waals surface area contributed by atoms with Gasteiger partial charge in [0.2, 0.25) is 0 Å². The molecular formula is C15H24N2O2. The van der Waals surface area contributed by atoms with Gasteiger partial charge in [-0.1, -0.05) is 12.1 Å². The summed E-state index contributed by atoms with van der Waals surface area (Å²) >= 11 is 0. The van der Waals surface area contributed by atoms with Gasteiger partial charge in [0.1, 0.15) is 5.75 Å². The molecule has 3 atom stereocenters. The van der Waals surface area contributed by atoms with Gasteiger partial charge < -0.3 is 15.2 Å². The van der Waals surface area contributed by atoms with Crippen molar-refractivity contribution in [3.8, 4) is 5.75 Å². The quantitative estimate of drug-likeness (QED) is 0.901. The third-order valence-corrected chi connectivity index (χ3v) is 3.69. The number of rotatable bonds is 4. The van der Waals surface area contributed by atoms with Crippen molar-refractivity contribution < 1.29 is 9.47 Å². The third kappa shape index (κ3) is 3.69. The molecule has 2 rings (SSSR count). The minimum Gasteiger partial charge on any atom is -0.497 e. The van der Waals surface area contributed by atoms with Crippen LogP contribution < -0.4 is 10.5 Å². The molecule has 0 aromatic heterocycles. The lowest BCUT2D eigenvalue weighted by Crippen LogP contribution is -2.49. The summed E-state index contributed by atoms with van der Waals surface area (Å²) in [5.74, 6) is 0.858. The molecular weight excluding hydrogens is 240 g/mol. The zero-order valence-electron chi connectivity index (χ0n) is 12.0. The van der Waals surface area contributed by atoms with E-state index >= 15 is 0 Å². The second kappa shape index (κ2) is 6.37. The van der Waals surface area contributed by atoms with E-state index in [4.69, 9.17) is 15.2 Å².